The highest BCUT2D eigenvalue weighted by Crippen LogP contribution is 2.27. The van der Waals surface area contributed by atoms with Gasteiger partial charge in [0.2, 0.25) is 10.0 Å². The Morgan fingerprint density at radius 3 is 2.43 bits per heavy atom. The van der Waals surface area contributed by atoms with Gasteiger partial charge in [0.15, 0.2) is 0 Å². The molecule has 1 unspecified atom stereocenters. The summed E-state index contributed by atoms with van der Waals surface area (Å²) in [5, 5.41) is 0. The van der Waals surface area contributed by atoms with E-state index in [0.717, 1.165) is 18.4 Å². The number of sulfonamides is 1. The second-order valence-electron chi connectivity index (χ2n) is 7.31. The maximum atomic E-state index is 12.9. The summed E-state index contributed by atoms with van der Waals surface area (Å²) in [6.45, 7) is 10.8. The third kappa shape index (κ3) is 4.55. The van der Waals surface area contributed by atoms with Gasteiger partial charge in [-0.2, -0.15) is 4.31 Å². The summed E-state index contributed by atoms with van der Waals surface area (Å²) >= 11 is 0. The van der Waals surface area contributed by atoms with Crippen molar-refractivity contribution in [2.75, 3.05) is 26.3 Å². The molecule has 0 bridgehead atoms. The van der Waals surface area contributed by atoms with Crippen molar-refractivity contribution in [2.45, 2.75) is 50.8 Å². The van der Waals surface area contributed by atoms with Crippen LogP contribution in [0.2, 0.25) is 0 Å². The number of benzene rings is 1. The van der Waals surface area contributed by atoms with Gasteiger partial charge in [-0.25, -0.2) is 8.42 Å². The van der Waals surface area contributed by atoms with Crippen molar-refractivity contribution in [3.05, 3.63) is 29.8 Å². The van der Waals surface area contributed by atoms with Gasteiger partial charge in [0.1, 0.15) is 0 Å². The van der Waals surface area contributed by atoms with Gasteiger partial charge in [0.05, 0.1) is 11.5 Å². The van der Waals surface area contributed by atoms with Crippen LogP contribution in [0.4, 0.5) is 0 Å². The summed E-state index contributed by atoms with van der Waals surface area (Å²) < 4.78 is 32.8. The number of rotatable bonds is 5. The van der Waals surface area contributed by atoms with Crippen LogP contribution < -0.4 is 0 Å². The lowest BCUT2D eigenvalue weighted by molar-refractivity contribution is 0.0864. The first-order valence-corrected chi connectivity index (χ1v) is 9.87. The molecule has 1 heterocycles. The summed E-state index contributed by atoms with van der Waals surface area (Å²) in [4.78, 5) is 0.391. The smallest absolute Gasteiger partial charge is 0.243 e. The van der Waals surface area contributed by atoms with E-state index in [9.17, 15) is 8.42 Å². The molecule has 1 saturated heterocycles. The van der Waals surface area contributed by atoms with E-state index in [1.807, 2.05) is 19.1 Å². The highest BCUT2D eigenvalue weighted by atomic mass is 32.2. The minimum atomic E-state index is -3.40. The Labute approximate surface area is 140 Å². The van der Waals surface area contributed by atoms with Crippen LogP contribution in [-0.2, 0) is 20.2 Å². The Morgan fingerprint density at radius 2 is 1.87 bits per heavy atom. The Kier molecular flexibility index (Phi) is 5.87. The molecule has 2 rings (SSSR count). The predicted molar refractivity (Wildman–Crippen MR) is 93.1 cm³/mol. The van der Waals surface area contributed by atoms with Crippen molar-refractivity contribution in [2.24, 2.45) is 5.92 Å². The Balaban J connectivity index is 2.14. The van der Waals surface area contributed by atoms with E-state index in [1.165, 1.54) is 0 Å². The summed E-state index contributed by atoms with van der Waals surface area (Å²) in [6.07, 6.45) is 1.94. The molecule has 1 fully saturated rings. The van der Waals surface area contributed by atoms with Gasteiger partial charge in [0, 0.05) is 19.7 Å². The van der Waals surface area contributed by atoms with E-state index in [1.54, 1.807) is 16.4 Å². The fraction of sp³-hybridized carbons (Fsp3) is 0.667. The highest BCUT2D eigenvalue weighted by molar-refractivity contribution is 7.89. The molecule has 1 aliphatic rings. The molecule has 1 atom stereocenters. The molecule has 1 aromatic carbocycles. The molecule has 0 N–H and O–H groups in total. The highest BCUT2D eigenvalue weighted by Gasteiger charge is 2.30. The van der Waals surface area contributed by atoms with Crippen molar-refractivity contribution in [1.29, 1.82) is 0 Å². The van der Waals surface area contributed by atoms with E-state index in [-0.39, 0.29) is 5.41 Å². The number of hydrogen-bond acceptors (Lipinski definition) is 3. The molecule has 130 valence electrons. The lowest BCUT2D eigenvalue weighted by atomic mass is 9.87. The number of hydrogen-bond donors (Lipinski definition) is 0. The van der Waals surface area contributed by atoms with Crippen LogP contribution in [-0.4, -0.2) is 39.0 Å². The summed E-state index contributed by atoms with van der Waals surface area (Å²) in [5.41, 5.74) is 1.17. The van der Waals surface area contributed by atoms with Crippen molar-refractivity contribution in [3.8, 4) is 0 Å². The van der Waals surface area contributed by atoms with E-state index in [4.69, 9.17) is 4.74 Å². The zero-order valence-corrected chi connectivity index (χ0v) is 15.5. The first-order chi connectivity index (χ1) is 10.7. The third-order valence-electron chi connectivity index (χ3n) is 4.40. The Morgan fingerprint density at radius 1 is 1.22 bits per heavy atom. The summed E-state index contributed by atoms with van der Waals surface area (Å²) in [5.74, 6) is 0.298. The summed E-state index contributed by atoms with van der Waals surface area (Å²) in [7, 11) is -3.40. The van der Waals surface area contributed by atoms with Gasteiger partial charge >= 0.3 is 0 Å². The molecule has 0 spiro atoms. The quantitative estimate of drug-likeness (QED) is 0.826. The van der Waals surface area contributed by atoms with Gasteiger partial charge in [-0.1, -0.05) is 32.9 Å². The van der Waals surface area contributed by atoms with Gasteiger partial charge in [-0.05, 0) is 48.8 Å². The summed E-state index contributed by atoms with van der Waals surface area (Å²) in [6, 6.07) is 7.33. The zero-order valence-electron chi connectivity index (χ0n) is 14.7. The molecule has 1 aliphatic heterocycles. The SMILES string of the molecule is CCOCC1CCCN(S(=O)(=O)c2ccc(C(C)(C)C)cc2)C1. The molecule has 0 amide bonds. The molecule has 4 nitrogen and oxygen atoms in total. The minimum absolute atomic E-state index is 0.0238. The van der Waals surface area contributed by atoms with Gasteiger partial charge < -0.3 is 4.74 Å². The van der Waals surface area contributed by atoms with E-state index < -0.39 is 10.0 Å². The van der Waals surface area contributed by atoms with Crippen molar-refractivity contribution in [3.63, 3.8) is 0 Å². The van der Waals surface area contributed by atoms with Crippen molar-refractivity contribution < 1.29 is 13.2 Å². The molecular weight excluding hydrogens is 310 g/mol. The molecule has 0 aromatic heterocycles. The standard InChI is InChI=1S/C18H29NO3S/c1-5-22-14-15-7-6-12-19(13-15)23(20,21)17-10-8-16(9-11-17)18(2,3)4/h8-11,15H,5-7,12-14H2,1-4H3. The molecule has 0 aliphatic carbocycles. The molecule has 1 aromatic rings. The molecule has 0 saturated carbocycles. The molecule has 0 radical (unpaired) electrons. The normalized spacial score (nSPS) is 20.6. The first-order valence-electron chi connectivity index (χ1n) is 8.43. The van der Waals surface area contributed by atoms with Gasteiger partial charge in [-0.3, -0.25) is 0 Å². The van der Waals surface area contributed by atoms with Gasteiger partial charge in [-0.15, -0.1) is 0 Å². The van der Waals surface area contributed by atoms with Crippen LogP contribution in [0.15, 0.2) is 29.2 Å². The van der Waals surface area contributed by atoms with Crippen LogP contribution in [0.5, 0.6) is 0 Å². The second kappa shape index (κ2) is 7.32. The number of ether oxygens (including phenoxy) is 1. The minimum Gasteiger partial charge on any atom is -0.381 e. The van der Waals surface area contributed by atoms with Crippen LogP contribution in [0.25, 0.3) is 0 Å². The maximum Gasteiger partial charge on any atom is 0.243 e. The Hall–Kier alpha value is -0.910. The number of piperidine rings is 1. The largest absolute Gasteiger partial charge is 0.381 e. The number of nitrogens with zero attached hydrogens (tertiary/aromatic N) is 1. The van der Waals surface area contributed by atoms with Crippen LogP contribution in [0.3, 0.4) is 0 Å². The average Bonchev–Trinajstić information content (AvgIpc) is 2.52. The van der Waals surface area contributed by atoms with E-state index in [0.29, 0.717) is 37.1 Å². The Bertz CT molecular complexity index is 602. The van der Waals surface area contributed by atoms with E-state index in [2.05, 4.69) is 20.8 Å². The fourth-order valence-corrected chi connectivity index (χ4v) is 4.50. The topological polar surface area (TPSA) is 46.6 Å². The predicted octanol–water partition coefficient (Wildman–Crippen LogP) is 3.42. The maximum absolute atomic E-state index is 12.9. The molecule has 5 heteroatoms. The molecule has 23 heavy (non-hydrogen) atoms. The second-order valence-corrected chi connectivity index (χ2v) is 9.24. The van der Waals surface area contributed by atoms with Crippen LogP contribution in [0.1, 0.15) is 46.1 Å². The zero-order chi connectivity index (χ0) is 17.1. The van der Waals surface area contributed by atoms with Crippen molar-refractivity contribution >= 4 is 10.0 Å². The average molecular weight is 340 g/mol. The molecular formula is C18H29NO3S. The van der Waals surface area contributed by atoms with Crippen molar-refractivity contribution in [1.82, 2.24) is 4.31 Å². The monoisotopic (exact) mass is 339 g/mol. The lowest BCUT2D eigenvalue weighted by Crippen LogP contribution is -2.41. The third-order valence-corrected chi connectivity index (χ3v) is 6.28. The van der Waals surface area contributed by atoms with Crippen LogP contribution in [0, 0.1) is 5.92 Å². The van der Waals surface area contributed by atoms with E-state index >= 15 is 0 Å². The fourth-order valence-electron chi connectivity index (χ4n) is 2.94. The van der Waals surface area contributed by atoms with Crippen LogP contribution >= 0.6 is 0 Å². The lowest BCUT2D eigenvalue weighted by Gasteiger charge is -2.32. The first kappa shape index (κ1) is 18.4. The van der Waals surface area contributed by atoms with Gasteiger partial charge in [0.25, 0.3) is 0 Å².